The molecular weight excluding hydrogens is 269 g/mol. The van der Waals surface area contributed by atoms with E-state index < -0.39 is 7.60 Å². The summed E-state index contributed by atoms with van der Waals surface area (Å²) < 4.78 is 21.2. The summed E-state index contributed by atoms with van der Waals surface area (Å²) in [6.07, 6.45) is -0.211. The van der Waals surface area contributed by atoms with Crippen LogP contribution in [0, 0.1) is 0 Å². The van der Waals surface area contributed by atoms with E-state index >= 15 is 0 Å². The Morgan fingerprint density at radius 3 is 2.68 bits per heavy atom. The highest BCUT2D eigenvalue weighted by Crippen LogP contribution is 2.46. The number of hydrogen-bond donors (Lipinski definition) is 0. The van der Waals surface area contributed by atoms with Gasteiger partial charge in [-0.3, -0.25) is 9.36 Å². The molecule has 0 saturated carbocycles. The van der Waals surface area contributed by atoms with Crippen LogP contribution in [0.4, 0.5) is 5.69 Å². The van der Waals surface area contributed by atoms with Crippen LogP contribution in [0.1, 0.15) is 5.56 Å². The number of hydrogen-bond acceptors (Lipinski definition) is 5. The van der Waals surface area contributed by atoms with E-state index in [9.17, 15) is 9.36 Å². The van der Waals surface area contributed by atoms with Gasteiger partial charge in [0, 0.05) is 31.2 Å². The molecule has 0 heterocycles. The van der Waals surface area contributed by atoms with Gasteiger partial charge in [-0.2, -0.15) is 0 Å². The Bertz CT molecular complexity index is 547. The number of ketones is 1. The monoisotopic (exact) mass is 283 g/mol. The molecule has 1 aromatic rings. The first-order chi connectivity index (χ1) is 9.03. The van der Waals surface area contributed by atoms with Crippen molar-refractivity contribution in [3.63, 3.8) is 0 Å². The summed E-state index contributed by atoms with van der Waals surface area (Å²) in [5, 5.41) is 3.45. The molecule has 0 fully saturated rings. The quantitative estimate of drug-likeness (QED) is 0.331. The lowest BCUT2D eigenvalue weighted by Gasteiger charge is -2.12. The van der Waals surface area contributed by atoms with Crippen LogP contribution < -0.4 is 0 Å². The molecule has 7 nitrogen and oxygen atoms in total. The first kappa shape index (κ1) is 15.4. The molecule has 0 unspecified atom stereocenters. The first-order valence-corrected chi connectivity index (χ1v) is 7.12. The third-order valence-electron chi connectivity index (χ3n) is 2.40. The van der Waals surface area contributed by atoms with Gasteiger partial charge in [-0.1, -0.05) is 23.3 Å². The first-order valence-electron chi connectivity index (χ1n) is 5.39. The Morgan fingerprint density at radius 2 is 2.11 bits per heavy atom. The Labute approximate surface area is 110 Å². The maximum atomic E-state index is 11.8. The van der Waals surface area contributed by atoms with Crippen molar-refractivity contribution in [2.75, 3.05) is 20.4 Å². The third-order valence-corrected chi connectivity index (χ3v) is 4.25. The molecule has 102 valence electrons. The predicted octanol–water partition coefficient (Wildman–Crippen LogP) is 3.23. The fourth-order valence-corrected chi connectivity index (χ4v) is 2.43. The van der Waals surface area contributed by atoms with Gasteiger partial charge in [0.05, 0.1) is 0 Å². The number of carbonyl (C=O) groups is 1. The maximum absolute atomic E-state index is 11.8. The average molecular weight is 283 g/mol. The van der Waals surface area contributed by atoms with Gasteiger partial charge in [0.2, 0.25) is 0 Å². The highest BCUT2D eigenvalue weighted by atomic mass is 31.2. The standard InChI is InChI=1S/C11H14N3O4P/c1-17-19(16,18-2)8-11(15)7-9-4-3-5-10(6-9)13-14-12/h3-6H,7-8H2,1-2H3. The molecule has 0 N–H and O–H groups in total. The number of Topliss-reactive ketones (excluding diaryl/α,β-unsaturated/α-hetero) is 1. The van der Waals surface area contributed by atoms with Crippen molar-refractivity contribution in [2.45, 2.75) is 6.42 Å². The molecule has 19 heavy (non-hydrogen) atoms. The Balaban J connectivity index is 2.74. The zero-order valence-corrected chi connectivity index (χ0v) is 11.5. The van der Waals surface area contributed by atoms with Crippen LogP contribution in [0.5, 0.6) is 0 Å². The molecule has 0 aliphatic heterocycles. The van der Waals surface area contributed by atoms with Crippen molar-refractivity contribution in [1.29, 1.82) is 0 Å². The zero-order valence-electron chi connectivity index (χ0n) is 10.6. The SMILES string of the molecule is COP(=O)(CC(=O)Cc1cccc(N=[N+]=[N-])c1)OC. The average Bonchev–Trinajstić information content (AvgIpc) is 2.39. The lowest BCUT2D eigenvalue weighted by Crippen LogP contribution is -2.10. The molecule has 0 atom stereocenters. The lowest BCUT2D eigenvalue weighted by atomic mass is 10.1. The summed E-state index contributed by atoms with van der Waals surface area (Å²) in [5.41, 5.74) is 9.43. The molecule has 1 rings (SSSR count). The minimum absolute atomic E-state index is 0.0749. The highest BCUT2D eigenvalue weighted by Gasteiger charge is 2.25. The van der Waals surface area contributed by atoms with Crippen LogP contribution in [-0.4, -0.2) is 26.2 Å². The topological polar surface area (TPSA) is 101 Å². The molecule has 0 radical (unpaired) electrons. The van der Waals surface area contributed by atoms with E-state index in [1.165, 1.54) is 14.2 Å². The zero-order chi connectivity index (χ0) is 14.3. The van der Waals surface area contributed by atoms with E-state index in [0.717, 1.165) is 0 Å². The largest absolute Gasteiger partial charge is 0.337 e. The van der Waals surface area contributed by atoms with Crippen LogP contribution in [0.15, 0.2) is 29.4 Å². The summed E-state index contributed by atoms with van der Waals surface area (Å²) in [7, 11) is -0.858. The van der Waals surface area contributed by atoms with Crippen LogP contribution in [-0.2, 0) is 24.8 Å². The van der Waals surface area contributed by atoms with E-state index in [-0.39, 0.29) is 18.4 Å². The van der Waals surface area contributed by atoms with E-state index in [1.54, 1.807) is 24.3 Å². The van der Waals surface area contributed by atoms with Gasteiger partial charge in [0.15, 0.2) is 0 Å². The molecule has 1 aromatic carbocycles. The highest BCUT2D eigenvalue weighted by molar-refractivity contribution is 7.54. The minimum Gasteiger partial charge on any atom is -0.312 e. The second-order valence-corrected chi connectivity index (χ2v) is 5.98. The second kappa shape index (κ2) is 7.07. The van der Waals surface area contributed by atoms with E-state index in [2.05, 4.69) is 10.0 Å². The van der Waals surface area contributed by atoms with E-state index in [0.29, 0.717) is 11.3 Å². The van der Waals surface area contributed by atoms with Crippen molar-refractivity contribution >= 4 is 19.1 Å². The van der Waals surface area contributed by atoms with Gasteiger partial charge >= 0.3 is 7.60 Å². The van der Waals surface area contributed by atoms with Crippen molar-refractivity contribution in [3.05, 3.63) is 40.3 Å². The van der Waals surface area contributed by atoms with Crippen LogP contribution in [0.25, 0.3) is 10.4 Å². The molecule has 0 aromatic heterocycles. The molecular formula is C11H14N3O4P. The fraction of sp³-hybridized carbons (Fsp3) is 0.364. The van der Waals surface area contributed by atoms with Gasteiger partial charge in [-0.25, -0.2) is 0 Å². The van der Waals surface area contributed by atoms with Crippen molar-refractivity contribution in [1.82, 2.24) is 0 Å². The van der Waals surface area contributed by atoms with Gasteiger partial charge in [-0.15, -0.1) is 0 Å². The van der Waals surface area contributed by atoms with Gasteiger partial charge < -0.3 is 9.05 Å². The Hall–Kier alpha value is -1.65. The van der Waals surface area contributed by atoms with Crippen LogP contribution >= 0.6 is 7.60 Å². The third kappa shape index (κ3) is 4.85. The summed E-state index contributed by atoms with van der Waals surface area (Å²) in [6.45, 7) is 0. The molecule has 0 spiro atoms. The summed E-state index contributed by atoms with van der Waals surface area (Å²) in [5.74, 6) is -0.273. The number of carbonyl (C=O) groups excluding carboxylic acids is 1. The Kier molecular flexibility index (Phi) is 5.73. The minimum atomic E-state index is -3.33. The van der Waals surface area contributed by atoms with Crippen molar-refractivity contribution < 1.29 is 18.4 Å². The number of rotatable bonds is 7. The van der Waals surface area contributed by atoms with Gasteiger partial charge in [-0.05, 0) is 17.2 Å². The molecule has 0 aliphatic carbocycles. The van der Waals surface area contributed by atoms with E-state index in [1.807, 2.05) is 0 Å². The van der Waals surface area contributed by atoms with Crippen molar-refractivity contribution in [2.24, 2.45) is 5.11 Å². The molecule has 0 bridgehead atoms. The van der Waals surface area contributed by atoms with Gasteiger partial charge in [0.25, 0.3) is 0 Å². The lowest BCUT2D eigenvalue weighted by molar-refractivity contribution is -0.116. The van der Waals surface area contributed by atoms with Gasteiger partial charge in [0.1, 0.15) is 11.9 Å². The summed E-state index contributed by atoms with van der Waals surface area (Å²) in [4.78, 5) is 14.4. The maximum Gasteiger partial charge on any atom is 0.337 e. The fourth-order valence-electron chi connectivity index (χ4n) is 1.48. The number of benzene rings is 1. The second-order valence-electron chi connectivity index (χ2n) is 3.71. The van der Waals surface area contributed by atoms with E-state index in [4.69, 9.17) is 14.6 Å². The molecule has 0 amide bonds. The molecule has 8 heteroatoms. The number of nitrogens with zero attached hydrogens (tertiary/aromatic N) is 3. The molecule has 0 saturated heterocycles. The Morgan fingerprint density at radius 1 is 1.42 bits per heavy atom. The summed E-state index contributed by atoms with van der Waals surface area (Å²) >= 11 is 0. The van der Waals surface area contributed by atoms with Crippen molar-refractivity contribution in [3.8, 4) is 0 Å². The smallest absolute Gasteiger partial charge is 0.312 e. The van der Waals surface area contributed by atoms with Crippen LogP contribution in [0.2, 0.25) is 0 Å². The van der Waals surface area contributed by atoms with Crippen LogP contribution in [0.3, 0.4) is 0 Å². The summed E-state index contributed by atoms with van der Waals surface area (Å²) in [6, 6.07) is 6.63. The predicted molar refractivity (Wildman–Crippen MR) is 70.5 cm³/mol. The molecule has 0 aliphatic rings. The normalized spacial score (nSPS) is 10.8. The number of azide groups is 1.